The van der Waals surface area contributed by atoms with E-state index in [1.807, 2.05) is 12.1 Å². The second-order valence-corrected chi connectivity index (χ2v) is 4.86. The Morgan fingerprint density at radius 1 is 1.21 bits per heavy atom. The highest BCUT2D eigenvalue weighted by atomic mass is 16.5. The molecule has 0 radical (unpaired) electrons. The maximum atomic E-state index is 5.78. The van der Waals surface area contributed by atoms with Crippen LogP contribution in [-0.4, -0.2) is 34.0 Å². The van der Waals surface area contributed by atoms with Gasteiger partial charge in [-0.05, 0) is 31.4 Å². The molecule has 19 heavy (non-hydrogen) atoms. The fraction of sp³-hybridized carbons (Fsp3) is 0.600. The van der Waals surface area contributed by atoms with Crippen molar-refractivity contribution in [2.75, 3.05) is 34.0 Å². The van der Waals surface area contributed by atoms with Crippen LogP contribution in [0.2, 0.25) is 0 Å². The molecule has 0 saturated heterocycles. The number of hydrogen-bond acceptors (Lipinski definition) is 4. The molecule has 2 rings (SSSR count). The number of hydrogen-bond donors (Lipinski definition) is 1. The van der Waals surface area contributed by atoms with Gasteiger partial charge in [0.15, 0.2) is 11.5 Å². The van der Waals surface area contributed by atoms with E-state index in [0.717, 1.165) is 36.1 Å². The van der Waals surface area contributed by atoms with E-state index in [1.54, 1.807) is 14.2 Å². The third-order valence-corrected chi connectivity index (χ3v) is 3.26. The Hall–Kier alpha value is -1.26. The highest BCUT2D eigenvalue weighted by molar-refractivity contribution is 5.46. The van der Waals surface area contributed by atoms with Gasteiger partial charge < -0.3 is 19.5 Å². The van der Waals surface area contributed by atoms with Crippen LogP contribution in [0.15, 0.2) is 18.2 Å². The van der Waals surface area contributed by atoms with E-state index in [0.29, 0.717) is 13.2 Å². The van der Waals surface area contributed by atoms with Crippen LogP contribution in [0.25, 0.3) is 0 Å². The van der Waals surface area contributed by atoms with Gasteiger partial charge in [-0.1, -0.05) is 12.1 Å². The lowest BCUT2D eigenvalue weighted by Crippen LogP contribution is -2.17. The average Bonchev–Trinajstić information content (AvgIpc) is 3.24. The third-order valence-electron chi connectivity index (χ3n) is 3.26. The van der Waals surface area contributed by atoms with E-state index in [-0.39, 0.29) is 0 Å². The average molecular weight is 265 g/mol. The number of nitrogens with one attached hydrogen (secondary N) is 1. The molecule has 0 spiro atoms. The highest BCUT2D eigenvalue weighted by Crippen LogP contribution is 2.32. The van der Waals surface area contributed by atoms with Gasteiger partial charge in [0.2, 0.25) is 0 Å². The Balaban J connectivity index is 1.96. The molecule has 1 aromatic rings. The quantitative estimate of drug-likeness (QED) is 0.695. The smallest absolute Gasteiger partial charge is 0.165 e. The molecule has 0 amide bonds. The molecule has 1 aliphatic carbocycles. The van der Waals surface area contributed by atoms with Gasteiger partial charge in [-0.2, -0.15) is 0 Å². The van der Waals surface area contributed by atoms with Crippen LogP contribution in [0.4, 0.5) is 0 Å². The van der Waals surface area contributed by atoms with Crippen molar-refractivity contribution in [1.29, 1.82) is 0 Å². The summed E-state index contributed by atoms with van der Waals surface area (Å²) in [6, 6.07) is 5.99. The molecule has 106 valence electrons. The molecule has 4 heteroatoms. The number of benzene rings is 1. The molecular formula is C15H23NO3. The Labute approximate surface area is 115 Å². The van der Waals surface area contributed by atoms with Gasteiger partial charge in [-0.25, -0.2) is 0 Å². The third kappa shape index (κ3) is 4.40. The van der Waals surface area contributed by atoms with Crippen LogP contribution in [0.3, 0.4) is 0 Å². The summed E-state index contributed by atoms with van der Waals surface area (Å²) in [5.41, 5.74) is 1.14. The van der Waals surface area contributed by atoms with Crippen LogP contribution >= 0.6 is 0 Å². The Morgan fingerprint density at radius 3 is 2.74 bits per heavy atom. The maximum absolute atomic E-state index is 5.78. The first-order chi connectivity index (χ1) is 9.35. The Morgan fingerprint density at radius 2 is 2.05 bits per heavy atom. The van der Waals surface area contributed by atoms with Gasteiger partial charge in [-0.15, -0.1) is 0 Å². The fourth-order valence-corrected chi connectivity index (χ4v) is 1.99. The lowest BCUT2D eigenvalue weighted by molar-refractivity contribution is 0.143. The van der Waals surface area contributed by atoms with Crippen LogP contribution in [0.1, 0.15) is 18.4 Å². The van der Waals surface area contributed by atoms with E-state index in [2.05, 4.69) is 11.4 Å². The molecule has 1 aliphatic rings. The van der Waals surface area contributed by atoms with Crippen molar-refractivity contribution >= 4 is 0 Å². The van der Waals surface area contributed by atoms with Gasteiger partial charge in [0.05, 0.1) is 13.7 Å². The van der Waals surface area contributed by atoms with Gasteiger partial charge >= 0.3 is 0 Å². The molecular weight excluding hydrogens is 242 g/mol. The minimum Gasteiger partial charge on any atom is -0.493 e. The summed E-state index contributed by atoms with van der Waals surface area (Å²) < 4.78 is 16.2. The van der Waals surface area contributed by atoms with E-state index in [4.69, 9.17) is 14.2 Å². The van der Waals surface area contributed by atoms with Crippen molar-refractivity contribution in [3.8, 4) is 11.5 Å². The maximum Gasteiger partial charge on any atom is 0.165 e. The van der Waals surface area contributed by atoms with Crippen molar-refractivity contribution in [2.45, 2.75) is 19.4 Å². The number of rotatable bonds is 9. The first-order valence-corrected chi connectivity index (χ1v) is 6.83. The summed E-state index contributed by atoms with van der Waals surface area (Å²) in [5.74, 6) is 2.48. The van der Waals surface area contributed by atoms with Crippen LogP contribution in [0, 0.1) is 5.92 Å². The molecule has 0 bridgehead atoms. The number of methoxy groups -OCH3 is 2. The zero-order valence-electron chi connectivity index (χ0n) is 11.8. The van der Waals surface area contributed by atoms with Gasteiger partial charge in [0.1, 0.15) is 6.61 Å². The second-order valence-electron chi connectivity index (χ2n) is 4.86. The summed E-state index contributed by atoms with van der Waals surface area (Å²) in [6.07, 6.45) is 2.73. The van der Waals surface area contributed by atoms with Crippen molar-refractivity contribution in [3.05, 3.63) is 23.8 Å². The van der Waals surface area contributed by atoms with E-state index in [1.165, 1.54) is 12.8 Å². The summed E-state index contributed by atoms with van der Waals surface area (Å²) in [4.78, 5) is 0. The van der Waals surface area contributed by atoms with E-state index >= 15 is 0 Å². The predicted molar refractivity (Wildman–Crippen MR) is 74.8 cm³/mol. The summed E-state index contributed by atoms with van der Waals surface area (Å²) >= 11 is 0. The summed E-state index contributed by atoms with van der Waals surface area (Å²) in [6.45, 7) is 3.02. The predicted octanol–water partition coefficient (Wildman–Crippen LogP) is 2.22. The molecule has 0 aliphatic heterocycles. The van der Waals surface area contributed by atoms with Crippen molar-refractivity contribution < 1.29 is 14.2 Å². The van der Waals surface area contributed by atoms with Gasteiger partial charge in [0, 0.05) is 19.2 Å². The molecule has 1 saturated carbocycles. The van der Waals surface area contributed by atoms with Crippen LogP contribution < -0.4 is 14.8 Å². The molecule has 1 N–H and O–H groups in total. The van der Waals surface area contributed by atoms with Crippen molar-refractivity contribution in [1.82, 2.24) is 5.32 Å². The van der Waals surface area contributed by atoms with Crippen molar-refractivity contribution in [2.24, 2.45) is 5.92 Å². The van der Waals surface area contributed by atoms with Gasteiger partial charge in [-0.3, -0.25) is 0 Å². The molecule has 4 nitrogen and oxygen atoms in total. The Kier molecular flexibility index (Phi) is 5.48. The highest BCUT2D eigenvalue weighted by Gasteiger charge is 2.20. The van der Waals surface area contributed by atoms with Crippen LogP contribution in [0.5, 0.6) is 11.5 Å². The molecule has 1 fully saturated rings. The number of ether oxygens (including phenoxy) is 3. The molecule has 0 aromatic heterocycles. The van der Waals surface area contributed by atoms with Crippen molar-refractivity contribution in [3.63, 3.8) is 0 Å². The molecule has 0 heterocycles. The first kappa shape index (κ1) is 14.2. The van der Waals surface area contributed by atoms with Crippen LogP contribution in [-0.2, 0) is 11.3 Å². The topological polar surface area (TPSA) is 39.7 Å². The Bertz CT molecular complexity index is 391. The minimum absolute atomic E-state index is 0.534. The lowest BCUT2D eigenvalue weighted by Gasteiger charge is -2.15. The zero-order valence-corrected chi connectivity index (χ0v) is 11.8. The second kappa shape index (κ2) is 7.36. The SMILES string of the molecule is COCCOc1c(CNCC2CC2)cccc1OC. The monoisotopic (exact) mass is 265 g/mol. The minimum atomic E-state index is 0.534. The standard InChI is InChI=1S/C15H23NO3/c1-17-8-9-19-15-13(4-3-5-14(15)18-2)11-16-10-12-6-7-12/h3-5,12,16H,6-11H2,1-2H3. The number of para-hydroxylation sites is 1. The molecule has 0 unspecified atom stereocenters. The molecule has 0 atom stereocenters. The normalized spacial score (nSPS) is 14.4. The first-order valence-electron chi connectivity index (χ1n) is 6.83. The summed E-state index contributed by atoms with van der Waals surface area (Å²) in [7, 11) is 3.34. The fourth-order valence-electron chi connectivity index (χ4n) is 1.99. The summed E-state index contributed by atoms with van der Waals surface area (Å²) in [5, 5.41) is 3.48. The zero-order chi connectivity index (χ0) is 13.5. The van der Waals surface area contributed by atoms with E-state index in [9.17, 15) is 0 Å². The lowest BCUT2D eigenvalue weighted by atomic mass is 10.2. The largest absolute Gasteiger partial charge is 0.493 e. The van der Waals surface area contributed by atoms with E-state index < -0.39 is 0 Å². The molecule has 1 aromatic carbocycles. The van der Waals surface area contributed by atoms with Gasteiger partial charge in [0.25, 0.3) is 0 Å².